The summed E-state index contributed by atoms with van der Waals surface area (Å²) >= 11 is 1.32. The normalized spacial score (nSPS) is 24.6. The van der Waals surface area contributed by atoms with Gasteiger partial charge in [-0.15, -0.1) is 0 Å². The number of nitrogens with zero attached hydrogens (tertiary/aromatic N) is 1. The molecule has 2 amide bonds. The van der Waals surface area contributed by atoms with Crippen molar-refractivity contribution in [1.29, 1.82) is 0 Å². The number of hydrogen-bond acceptors (Lipinski definition) is 5. The molecule has 134 valence electrons. The van der Waals surface area contributed by atoms with E-state index in [-0.39, 0.29) is 24.3 Å². The van der Waals surface area contributed by atoms with Gasteiger partial charge in [0, 0.05) is 18.7 Å². The third-order valence-electron chi connectivity index (χ3n) is 4.28. The number of hydrogen-bond donors (Lipinski definition) is 2. The number of rotatable bonds is 5. The Balaban J connectivity index is 1.53. The van der Waals surface area contributed by atoms with Crippen molar-refractivity contribution in [3.05, 3.63) is 29.3 Å². The van der Waals surface area contributed by atoms with Crippen molar-refractivity contribution in [2.45, 2.75) is 44.5 Å². The Hall–Kier alpha value is -1.86. The van der Waals surface area contributed by atoms with Gasteiger partial charge in [0.2, 0.25) is 11.8 Å². The number of nitrogens with one attached hydrogen (secondary N) is 2. The van der Waals surface area contributed by atoms with E-state index in [4.69, 9.17) is 4.74 Å². The Morgan fingerprint density at radius 3 is 3.04 bits per heavy atom. The molecular weight excluding hydrogens is 338 g/mol. The number of thioether (sulfide) groups is 1. The van der Waals surface area contributed by atoms with Crippen molar-refractivity contribution in [3.8, 4) is 0 Å². The van der Waals surface area contributed by atoms with E-state index in [1.807, 2.05) is 32.0 Å². The summed E-state index contributed by atoms with van der Waals surface area (Å²) in [4.78, 5) is 28.8. The summed E-state index contributed by atoms with van der Waals surface area (Å²) in [7, 11) is 0. The lowest BCUT2D eigenvalue weighted by Crippen LogP contribution is -2.28. The molecule has 1 aromatic rings. The van der Waals surface area contributed by atoms with E-state index in [0.717, 1.165) is 36.3 Å². The Labute approximate surface area is 151 Å². The quantitative estimate of drug-likeness (QED) is 0.844. The number of aryl methyl sites for hydroxylation is 2. The summed E-state index contributed by atoms with van der Waals surface area (Å²) in [5.74, 6) is -0.325. The van der Waals surface area contributed by atoms with Crippen LogP contribution in [-0.4, -0.2) is 41.5 Å². The first kappa shape index (κ1) is 17.9. The molecule has 2 aliphatic rings. The van der Waals surface area contributed by atoms with Crippen molar-refractivity contribution >= 4 is 34.4 Å². The average molecular weight is 361 g/mol. The maximum absolute atomic E-state index is 12.3. The van der Waals surface area contributed by atoms with Crippen LogP contribution in [0.3, 0.4) is 0 Å². The molecule has 0 aliphatic carbocycles. The second kappa shape index (κ2) is 8.01. The van der Waals surface area contributed by atoms with Crippen molar-refractivity contribution in [1.82, 2.24) is 5.32 Å². The number of amidine groups is 1. The fraction of sp³-hybridized carbons (Fsp3) is 0.500. The van der Waals surface area contributed by atoms with Crippen molar-refractivity contribution in [3.63, 3.8) is 0 Å². The molecule has 0 saturated carbocycles. The second-order valence-electron chi connectivity index (χ2n) is 6.45. The van der Waals surface area contributed by atoms with Crippen molar-refractivity contribution in [2.24, 2.45) is 4.99 Å². The molecule has 0 aromatic heterocycles. The lowest BCUT2D eigenvalue weighted by Gasteiger charge is -2.10. The van der Waals surface area contributed by atoms with Crippen LogP contribution in [0.15, 0.2) is 23.2 Å². The summed E-state index contributed by atoms with van der Waals surface area (Å²) in [6, 6.07) is 5.91. The molecule has 2 atom stereocenters. The molecule has 0 bridgehead atoms. The fourth-order valence-electron chi connectivity index (χ4n) is 2.83. The minimum absolute atomic E-state index is 0.128. The van der Waals surface area contributed by atoms with Gasteiger partial charge in [-0.25, -0.2) is 0 Å². The zero-order valence-corrected chi connectivity index (χ0v) is 15.3. The number of benzene rings is 1. The first-order valence-electron chi connectivity index (χ1n) is 8.52. The van der Waals surface area contributed by atoms with Gasteiger partial charge in [0.15, 0.2) is 5.17 Å². The highest BCUT2D eigenvalue weighted by Crippen LogP contribution is 2.24. The van der Waals surface area contributed by atoms with Crippen LogP contribution in [0.2, 0.25) is 0 Å². The molecule has 2 aliphatic heterocycles. The van der Waals surface area contributed by atoms with Gasteiger partial charge in [-0.3, -0.25) is 14.6 Å². The largest absolute Gasteiger partial charge is 0.376 e. The molecule has 0 unspecified atom stereocenters. The molecule has 0 radical (unpaired) electrons. The molecule has 6 nitrogen and oxygen atoms in total. The zero-order chi connectivity index (χ0) is 17.8. The van der Waals surface area contributed by atoms with E-state index >= 15 is 0 Å². The summed E-state index contributed by atoms with van der Waals surface area (Å²) in [5.41, 5.74) is 2.87. The SMILES string of the molecule is Cc1ccc(C)c(NC(=O)C[C@@H]2SC(=NC[C@@H]3CCCO3)NC2=O)c1. The fourth-order valence-corrected chi connectivity index (χ4v) is 3.81. The third-order valence-corrected chi connectivity index (χ3v) is 5.40. The van der Waals surface area contributed by atoms with E-state index in [1.54, 1.807) is 0 Å². The predicted octanol–water partition coefficient (Wildman–Crippen LogP) is 2.40. The summed E-state index contributed by atoms with van der Waals surface area (Å²) in [6.45, 7) is 5.27. The number of aliphatic imine (C=N–C) groups is 1. The van der Waals surface area contributed by atoms with Crippen molar-refractivity contribution < 1.29 is 14.3 Å². The summed E-state index contributed by atoms with van der Waals surface area (Å²) < 4.78 is 5.53. The number of amides is 2. The minimum Gasteiger partial charge on any atom is -0.376 e. The van der Waals surface area contributed by atoms with Crippen molar-refractivity contribution in [2.75, 3.05) is 18.5 Å². The number of carbonyl (C=O) groups excluding carboxylic acids is 2. The van der Waals surface area contributed by atoms with E-state index in [2.05, 4.69) is 15.6 Å². The zero-order valence-electron chi connectivity index (χ0n) is 14.5. The van der Waals surface area contributed by atoms with Crippen LogP contribution < -0.4 is 10.6 Å². The van der Waals surface area contributed by atoms with Crippen LogP contribution >= 0.6 is 11.8 Å². The van der Waals surface area contributed by atoms with Gasteiger partial charge in [0.25, 0.3) is 0 Å². The molecule has 2 fully saturated rings. The maximum atomic E-state index is 12.3. The molecule has 2 saturated heterocycles. The van der Waals surface area contributed by atoms with Crippen LogP contribution in [0, 0.1) is 13.8 Å². The van der Waals surface area contributed by atoms with Gasteiger partial charge >= 0.3 is 0 Å². The minimum atomic E-state index is -0.437. The van der Waals surface area contributed by atoms with E-state index in [0.29, 0.717) is 11.7 Å². The molecular formula is C18H23N3O3S. The molecule has 3 rings (SSSR count). The number of ether oxygens (including phenoxy) is 1. The molecule has 2 heterocycles. The molecule has 2 N–H and O–H groups in total. The summed E-state index contributed by atoms with van der Waals surface area (Å²) in [5, 5.41) is 5.81. The van der Waals surface area contributed by atoms with Crippen LogP contribution in [0.5, 0.6) is 0 Å². The maximum Gasteiger partial charge on any atom is 0.240 e. The Bertz CT molecular complexity index is 699. The molecule has 25 heavy (non-hydrogen) atoms. The topological polar surface area (TPSA) is 79.8 Å². The highest BCUT2D eigenvalue weighted by atomic mass is 32.2. The van der Waals surface area contributed by atoms with Gasteiger partial charge in [0.1, 0.15) is 5.25 Å². The molecule has 1 aromatic carbocycles. The van der Waals surface area contributed by atoms with Gasteiger partial charge < -0.3 is 15.4 Å². The average Bonchev–Trinajstić information content (AvgIpc) is 3.19. The van der Waals surface area contributed by atoms with E-state index in [1.165, 1.54) is 11.8 Å². The smallest absolute Gasteiger partial charge is 0.240 e. The van der Waals surface area contributed by atoms with Crippen LogP contribution in [0.4, 0.5) is 5.69 Å². The Kier molecular flexibility index (Phi) is 5.75. The lowest BCUT2D eigenvalue weighted by molar-refractivity contribution is -0.122. The monoisotopic (exact) mass is 361 g/mol. The Morgan fingerprint density at radius 1 is 1.44 bits per heavy atom. The van der Waals surface area contributed by atoms with Crippen LogP contribution in [0.25, 0.3) is 0 Å². The van der Waals surface area contributed by atoms with Gasteiger partial charge in [0.05, 0.1) is 12.6 Å². The standard InChI is InChI=1S/C18H23N3O3S/c1-11-5-6-12(2)14(8-11)20-16(22)9-15-17(23)21-18(25-15)19-10-13-4-3-7-24-13/h5-6,8,13,15H,3-4,7,9-10H2,1-2H3,(H,20,22)(H,19,21,23)/t13-,15-/m0/s1. The second-order valence-corrected chi connectivity index (χ2v) is 7.64. The van der Waals surface area contributed by atoms with E-state index < -0.39 is 5.25 Å². The Morgan fingerprint density at radius 2 is 2.28 bits per heavy atom. The molecule has 0 spiro atoms. The predicted molar refractivity (Wildman–Crippen MR) is 100.0 cm³/mol. The first-order chi connectivity index (χ1) is 12.0. The summed E-state index contributed by atoms with van der Waals surface area (Å²) in [6.07, 6.45) is 2.35. The lowest BCUT2D eigenvalue weighted by atomic mass is 10.1. The van der Waals surface area contributed by atoms with Crippen LogP contribution in [0.1, 0.15) is 30.4 Å². The van der Waals surface area contributed by atoms with Gasteiger partial charge in [-0.05, 0) is 43.9 Å². The first-order valence-corrected chi connectivity index (χ1v) is 9.40. The third kappa shape index (κ3) is 4.83. The van der Waals surface area contributed by atoms with E-state index in [9.17, 15) is 9.59 Å². The number of anilines is 1. The highest BCUT2D eigenvalue weighted by molar-refractivity contribution is 8.15. The molecule has 7 heteroatoms. The van der Waals surface area contributed by atoms with Crippen LogP contribution in [-0.2, 0) is 14.3 Å². The van der Waals surface area contributed by atoms with Gasteiger partial charge in [-0.2, -0.15) is 0 Å². The highest BCUT2D eigenvalue weighted by Gasteiger charge is 2.32. The van der Waals surface area contributed by atoms with Gasteiger partial charge in [-0.1, -0.05) is 23.9 Å². The number of carbonyl (C=O) groups is 2.